The van der Waals surface area contributed by atoms with E-state index in [1.807, 2.05) is 6.92 Å². The molecule has 0 bridgehead atoms. The molecule has 0 saturated carbocycles. The molecule has 2 aliphatic rings. The smallest absolute Gasteiger partial charge is 0.255 e. The summed E-state index contributed by atoms with van der Waals surface area (Å²) in [5.74, 6) is -0.853. The first-order chi connectivity index (χ1) is 9.47. The second kappa shape index (κ2) is 4.59. The lowest BCUT2D eigenvalue weighted by atomic mass is 10.0. The number of rotatable bonds is 1. The van der Waals surface area contributed by atoms with E-state index in [-0.39, 0.29) is 18.2 Å². The van der Waals surface area contributed by atoms with Gasteiger partial charge in [-0.2, -0.15) is 0 Å². The summed E-state index contributed by atoms with van der Waals surface area (Å²) in [6, 6.07) is 2.95. The molecule has 6 heteroatoms. The summed E-state index contributed by atoms with van der Waals surface area (Å²) in [7, 11) is 0. The van der Waals surface area contributed by atoms with Crippen molar-refractivity contribution in [3.05, 3.63) is 33.8 Å². The highest BCUT2D eigenvalue weighted by molar-refractivity contribution is 6.31. The van der Waals surface area contributed by atoms with Crippen LogP contribution in [0.3, 0.4) is 0 Å². The van der Waals surface area contributed by atoms with Crippen molar-refractivity contribution in [2.24, 2.45) is 0 Å². The standard InChI is InChI=1S/C14H13ClN2O3/c1-7-4-9-8(5-10(7)15)6-17(14(9)20)11-2-3-12(18)16-13(11)19/h4-5,11H,2-3,6H2,1H3,(H,16,18,19). The maximum Gasteiger partial charge on any atom is 0.255 e. The van der Waals surface area contributed by atoms with Crippen molar-refractivity contribution >= 4 is 29.3 Å². The number of halogens is 1. The summed E-state index contributed by atoms with van der Waals surface area (Å²) in [5, 5.41) is 2.89. The maximum absolute atomic E-state index is 12.4. The minimum absolute atomic E-state index is 0.172. The van der Waals surface area contributed by atoms with Crippen molar-refractivity contribution in [3.8, 4) is 0 Å². The van der Waals surface area contributed by atoms with E-state index in [9.17, 15) is 14.4 Å². The Bertz CT molecular complexity index is 642. The van der Waals surface area contributed by atoms with Crippen LogP contribution in [0.1, 0.15) is 34.3 Å². The number of aryl methyl sites for hydroxylation is 1. The number of imide groups is 1. The van der Waals surface area contributed by atoms with Gasteiger partial charge in [-0.3, -0.25) is 19.7 Å². The molecular formula is C14H13ClN2O3. The minimum Gasteiger partial charge on any atom is -0.322 e. The highest BCUT2D eigenvalue weighted by atomic mass is 35.5. The van der Waals surface area contributed by atoms with Crippen molar-refractivity contribution < 1.29 is 14.4 Å². The molecule has 1 N–H and O–H groups in total. The molecule has 1 fully saturated rings. The van der Waals surface area contributed by atoms with E-state index < -0.39 is 11.9 Å². The summed E-state index contributed by atoms with van der Waals surface area (Å²) >= 11 is 6.07. The van der Waals surface area contributed by atoms with Gasteiger partial charge in [-0.1, -0.05) is 11.6 Å². The van der Waals surface area contributed by atoms with Crippen LogP contribution in [-0.2, 0) is 16.1 Å². The fourth-order valence-electron chi connectivity index (χ4n) is 2.69. The molecule has 20 heavy (non-hydrogen) atoms. The first-order valence-corrected chi connectivity index (χ1v) is 6.79. The molecule has 3 amide bonds. The second-order valence-electron chi connectivity index (χ2n) is 5.16. The number of hydrogen-bond donors (Lipinski definition) is 1. The van der Waals surface area contributed by atoms with Crippen LogP contribution in [-0.4, -0.2) is 28.7 Å². The molecule has 2 heterocycles. The normalized spacial score (nSPS) is 22.0. The summed E-state index contributed by atoms with van der Waals surface area (Å²) in [4.78, 5) is 37.0. The zero-order valence-corrected chi connectivity index (χ0v) is 11.7. The van der Waals surface area contributed by atoms with Gasteiger partial charge >= 0.3 is 0 Å². The predicted molar refractivity (Wildman–Crippen MR) is 72.2 cm³/mol. The Labute approximate surface area is 120 Å². The van der Waals surface area contributed by atoms with Gasteiger partial charge < -0.3 is 4.90 Å². The Morgan fingerprint density at radius 3 is 2.75 bits per heavy atom. The first kappa shape index (κ1) is 13.1. The number of piperidine rings is 1. The third-order valence-corrected chi connectivity index (χ3v) is 4.21. The van der Waals surface area contributed by atoms with E-state index in [2.05, 4.69) is 5.32 Å². The van der Waals surface area contributed by atoms with Gasteiger partial charge in [0, 0.05) is 23.6 Å². The lowest BCUT2D eigenvalue weighted by molar-refractivity contribution is -0.136. The molecule has 1 atom stereocenters. The van der Waals surface area contributed by atoms with E-state index in [1.54, 1.807) is 12.1 Å². The molecule has 1 aromatic rings. The lowest BCUT2D eigenvalue weighted by Gasteiger charge is -2.29. The number of benzene rings is 1. The van der Waals surface area contributed by atoms with E-state index in [0.717, 1.165) is 11.1 Å². The summed E-state index contributed by atoms with van der Waals surface area (Å²) in [6.07, 6.45) is 0.632. The topological polar surface area (TPSA) is 66.5 Å². The third kappa shape index (κ3) is 1.98. The largest absolute Gasteiger partial charge is 0.322 e. The average Bonchev–Trinajstić information content (AvgIpc) is 2.68. The SMILES string of the molecule is Cc1cc2c(cc1Cl)CN(C1CCC(=O)NC1=O)C2=O. The quantitative estimate of drug-likeness (QED) is 0.796. The summed E-state index contributed by atoms with van der Waals surface area (Å²) in [5.41, 5.74) is 2.26. The first-order valence-electron chi connectivity index (χ1n) is 6.41. The van der Waals surface area contributed by atoms with Gasteiger partial charge in [0.15, 0.2) is 0 Å². The van der Waals surface area contributed by atoms with Crippen LogP contribution in [0.25, 0.3) is 0 Å². The molecular weight excluding hydrogens is 280 g/mol. The Hall–Kier alpha value is -1.88. The van der Waals surface area contributed by atoms with Crippen LogP contribution in [0.15, 0.2) is 12.1 Å². The molecule has 0 spiro atoms. The Morgan fingerprint density at radius 1 is 1.30 bits per heavy atom. The molecule has 3 rings (SSSR count). The van der Waals surface area contributed by atoms with Gasteiger partial charge in [-0.15, -0.1) is 0 Å². The van der Waals surface area contributed by atoms with Crippen molar-refractivity contribution in [2.75, 3.05) is 0 Å². The molecule has 1 saturated heterocycles. The number of amides is 3. The molecule has 1 aromatic carbocycles. The Morgan fingerprint density at radius 2 is 2.05 bits per heavy atom. The minimum atomic E-state index is -0.577. The molecule has 2 aliphatic heterocycles. The summed E-state index contributed by atoms with van der Waals surface area (Å²) in [6.45, 7) is 2.20. The predicted octanol–water partition coefficient (Wildman–Crippen LogP) is 1.41. The summed E-state index contributed by atoms with van der Waals surface area (Å²) < 4.78 is 0. The molecule has 104 valence electrons. The zero-order chi connectivity index (χ0) is 14.4. The number of nitrogens with zero attached hydrogens (tertiary/aromatic N) is 1. The van der Waals surface area contributed by atoms with Gasteiger partial charge in [0.2, 0.25) is 11.8 Å². The number of carbonyl (C=O) groups is 3. The van der Waals surface area contributed by atoms with Crippen molar-refractivity contribution in [3.63, 3.8) is 0 Å². The van der Waals surface area contributed by atoms with Gasteiger partial charge in [0.05, 0.1) is 0 Å². The Balaban J connectivity index is 1.90. The highest BCUT2D eigenvalue weighted by Crippen LogP contribution is 2.31. The maximum atomic E-state index is 12.4. The average molecular weight is 293 g/mol. The zero-order valence-electron chi connectivity index (χ0n) is 10.9. The van der Waals surface area contributed by atoms with Gasteiger partial charge in [0.1, 0.15) is 6.04 Å². The fourth-order valence-corrected chi connectivity index (χ4v) is 2.88. The molecule has 5 nitrogen and oxygen atoms in total. The van der Waals surface area contributed by atoms with Crippen molar-refractivity contribution in [1.29, 1.82) is 0 Å². The van der Waals surface area contributed by atoms with E-state index in [4.69, 9.17) is 11.6 Å². The molecule has 0 aromatic heterocycles. The highest BCUT2D eigenvalue weighted by Gasteiger charge is 2.39. The monoisotopic (exact) mass is 292 g/mol. The number of nitrogens with one attached hydrogen (secondary N) is 1. The van der Waals surface area contributed by atoms with Crippen LogP contribution >= 0.6 is 11.6 Å². The van der Waals surface area contributed by atoms with E-state index >= 15 is 0 Å². The third-order valence-electron chi connectivity index (χ3n) is 3.80. The van der Waals surface area contributed by atoms with Crippen LogP contribution in [0, 0.1) is 6.92 Å². The van der Waals surface area contributed by atoms with Gasteiger partial charge in [-0.25, -0.2) is 0 Å². The van der Waals surface area contributed by atoms with Crippen LogP contribution in [0.2, 0.25) is 5.02 Å². The van der Waals surface area contributed by atoms with Crippen LogP contribution < -0.4 is 5.32 Å². The Kier molecular flexibility index (Phi) is 3.01. The number of carbonyl (C=O) groups excluding carboxylic acids is 3. The number of fused-ring (bicyclic) bond motifs is 1. The molecule has 0 radical (unpaired) electrons. The van der Waals surface area contributed by atoms with Crippen LogP contribution in [0.4, 0.5) is 0 Å². The van der Waals surface area contributed by atoms with E-state index in [1.165, 1.54) is 4.90 Å². The van der Waals surface area contributed by atoms with Crippen molar-refractivity contribution in [1.82, 2.24) is 10.2 Å². The van der Waals surface area contributed by atoms with Gasteiger partial charge in [-0.05, 0) is 36.6 Å². The molecule has 0 aliphatic carbocycles. The lowest BCUT2D eigenvalue weighted by Crippen LogP contribution is -2.52. The van der Waals surface area contributed by atoms with Crippen molar-refractivity contribution in [2.45, 2.75) is 32.4 Å². The van der Waals surface area contributed by atoms with Crippen LogP contribution in [0.5, 0.6) is 0 Å². The number of hydrogen-bond acceptors (Lipinski definition) is 3. The van der Waals surface area contributed by atoms with E-state index in [0.29, 0.717) is 23.6 Å². The fraction of sp³-hybridized carbons (Fsp3) is 0.357. The second-order valence-corrected chi connectivity index (χ2v) is 5.57. The molecule has 1 unspecified atom stereocenters. The van der Waals surface area contributed by atoms with Gasteiger partial charge in [0.25, 0.3) is 5.91 Å².